The van der Waals surface area contributed by atoms with Crippen molar-refractivity contribution in [3.63, 3.8) is 0 Å². The van der Waals surface area contributed by atoms with E-state index in [2.05, 4.69) is 20.6 Å². The molecule has 2 aromatic carbocycles. The number of aromatic nitrogens is 1. The summed E-state index contributed by atoms with van der Waals surface area (Å²) in [5, 5.41) is 9.41. The van der Waals surface area contributed by atoms with Gasteiger partial charge in [0.05, 0.1) is 27.6 Å². The molecule has 1 saturated heterocycles. The van der Waals surface area contributed by atoms with E-state index < -0.39 is 0 Å². The molecule has 9 heteroatoms. The molecule has 0 bridgehead atoms. The Kier molecular flexibility index (Phi) is 6.44. The Bertz CT molecular complexity index is 1470. The van der Waals surface area contributed by atoms with Gasteiger partial charge >= 0.3 is 0 Å². The first kappa shape index (κ1) is 22.3. The first-order valence-electron chi connectivity index (χ1n) is 10.3. The minimum Gasteiger partial charge on any atom is -0.326 e. The van der Waals surface area contributed by atoms with Crippen LogP contribution in [0.1, 0.15) is 10.4 Å². The van der Waals surface area contributed by atoms with Crippen LogP contribution in [0.5, 0.6) is 0 Å². The van der Waals surface area contributed by atoms with Crippen molar-refractivity contribution in [3.8, 4) is 0 Å². The fourth-order valence-corrected chi connectivity index (χ4v) is 5.08. The minimum absolute atomic E-state index is 0.122. The molecule has 0 spiro atoms. The molecule has 2 N–H and O–H groups in total. The van der Waals surface area contributed by atoms with Gasteiger partial charge < -0.3 is 10.6 Å². The highest BCUT2D eigenvalue weighted by Gasteiger charge is 2.24. The Morgan fingerprint density at radius 2 is 2.06 bits per heavy atom. The minimum atomic E-state index is -0.230. The van der Waals surface area contributed by atoms with Gasteiger partial charge in [-0.25, -0.2) is 4.99 Å². The average Bonchev–Trinajstić information content (AvgIpc) is 3.45. The summed E-state index contributed by atoms with van der Waals surface area (Å²) >= 11 is 9.09. The second kappa shape index (κ2) is 9.80. The maximum Gasteiger partial charge on any atom is 0.264 e. The van der Waals surface area contributed by atoms with E-state index >= 15 is 0 Å². The Hall–Kier alpha value is -3.46. The summed E-state index contributed by atoms with van der Waals surface area (Å²) in [5.41, 5.74) is 2.83. The summed E-state index contributed by atoms with van der Waals surface area (Å²) in [4.78, 5) is 35.2. The van der Waals surface area contributed by atoms with Crippen LogP contribution in [0.15, 0.2) is 82.1 Å². The van der Waals surface area contributed by atoms with Crippen LogP contribution < -0.4 is 10.6 Å². The highest BCUT2D eigenvalue weighted by atomic mass is 35.5. The number of hydrogen-bond acceptors (Lipinski definition) is 6. The Balaban J connectivity index is 1.33. The number of rotatable bonds is 5. The number of nitrogens with one attached hydrogen (secondary N) is 2. The summed E-state index contributed by atoms with van der Waals surface area (Å²) in [6, 6.07) is 18.6. The summed E-state index contributed by atoms with van der Waals surface area (Å²) < 4.78 is 0. The zero-order valence-corrected chi connectivity index (χ0v) is 20.0. The van der Waals surface area contributed by atoms with Gasteiger partial charge in [0.15, 0.2) is 5.17 Å². The second-order valence-electron chi connectivity index (χ2n) is 7.41. The number of benzene rings is 2. The molecule has 5 rings (SSSR count). The van der Waals surface area contributed by atoms with Crippen LogP contribution >= 0.6 is 34.7 Å². The molecule has 2 aromatic heterocycles. The van der Waals surface area contributed by atoms with Gasteiger partial charge in [0.25, 0.3) is 5.91 Å². The number of pyridine rings is 1. The molecule has 1 fully saturated rings. The van der Waals surface area contributed by atoms with Crippen molar-refractivity contribution < 1.29 is 9.59 Å². The molecular formula is C25H17ClN4O2S2. The van der Waals surface area contributed by atoms with Gasteiger partial charge in [-0.1, -0.05) is 29.8 Å². The maximum atomic E-state index is 12.5. The van der Waals surface area contributed by atoms with Crippen molar-refractivity contribution in [1.82, 2.24) is 10.3 Å². The number of anilines is 1. The zero-order valence-electron chi connectivity index (χ0n) is 17.6. The summed E-state index contributed by atoms with van der Waals surface area (Å²) in [6.45, 7) is 0. The number of amides is 2. The number of amidine groups is 1. The number of thioether (sulfide) groups is 1. The van der Waals surface area contributed by atoms with Crippen molar-refractivity contribution in [3.05, 3.63) is 92.6 Å². The highest BCUT2D eigenvalue weighted by molar-refractivity contribution is 8.18. The lowest BCUT2D eigenvalue weighted by molar-refractivity contribution is -0.116. The van der Waals surface area contributed by atoms with Crippen LogP contribution in [0.2, 0.25) is 5.02 Å². The lowest BCUT2D eigenvalue weighted by Crippen LogP contribution is -2.19. The second-order valence-corrected chi connectivity index (χ2v) is 9.88. The molecule has 0 radical (unpaired) electrons. The van der Waals surface area contributed by atoms with Gasteiger partial charge in [-0.2, -0.15) is 0 Å². The molecule has 1 aliphatic heterocycles. The molecule has 6 nitrogen and oxygen atoms in total. The quantitative estimate of drug-likeness (QED) is 0.325. The van der Waals surface area contributed by atoms with Gasteiger partial charge in [0.2, 0.25) is 5.91 Å². The number of nitrogens with zero attached hydrogens (tertiary/aromatic N) is 2. The van der Waals surface area contributed by atoms with Crippen LogP contribution in [0, 0.1) is 0 Å². The van der Waals surface area contributed by atoms with Crippen LogP contribution in [0.25, 0.3) is 17.0 Å². The molecule has 4 aromatic rings. The van der Waals surface area contributed by atoms with E-state index in [1.54, 1.807) is 24.4 Å². The van der Waals surface area contributed by atoms with E-state index in [9.17, 15) is 9.59 Å². The topological polar surface area (TPSA) is 83.5 Å². The third-order valence-corrected chi connectivity index (χ3v) is 7.05. The number of hydrogen-bond donors (Lipinski definition) is 2. The van der Waals surface area contributed by atoms with Crippen molar-refractivity contribution in [1.29, 1.82) is 0 Å². The van der Waals surface area contributed by atoms with Crippen molar-refractivity contribution in [2.75, 3.05) is 5.32 Å². The van der Waals surface area contributed by atoms with Gasteiger partial charge in [-0.05, 0) is 71.2 Å². The third-order valence-electron chi connectivity index (χ3n) is 4.94. The fourth-order valence-electron chi connectivity index (χ4n) is 3.38. The average molecular weight is 505 g/mol. The molecular weight excluding hydrogens is 488 g/mol. The highest BCUT2D eigenvalue weighted by Crippen LogP contribution is 2.33. The number of aliphatic imine (C=N–C) groups is 1. The van der Waals surface area contributed by atoms with E-state index in [0.29, 0.717) is 32.9 Å². The van der Waals surface area contributed by atoms with Gasteiger partial charge in [0, 0.05) is 22.1 Å². The molecule has 3 heterocycles. The number of carbonyl (C=O) groups excluding carboxylic acids is 2. The molecule has 168 valence electrons. The lowest BCUT2D eigenvalue weighted by Gasteiger charge is -2.07. The number of halogens is 1. The first-order valence-corrected chi connectivity index (χ1v) is 12.4. The van der Waals surface area contributed by atoms with Crippen LogP contribution in [-0.2, 0) is 16.0 Å². The Labute approximate surface area is 208 Å². The summed E-state index contributed by atoms with van der Waals surface area (Å²) in [6.07, 6.45) is 3.87. The number of carbonyl (C=O) groups is 2. The van der Waals surface area contributed by atoms with Crippen LogP contribution in [0.4, 0.5) is 11.4 Å². The maximum absolute atomic E-state index is 12.5. The predicted octanol–water partition coefficient (Wildman–Crippen LogP) is 6.02. The summed E-state index contributed by atoms with van der Waals surface area (Å²) in [5.74, 6) is -0.353. The molecule has 0 unspecified atom stereocenters. The van der Waals surface area contributed by atoms with E-state index in [1.807, 2.05) is 53.9 Å². The Morgan fingerprint density at radius 1 is 1.15 bits per heavy atom. The molecule has 0 saturated carbocycles. The van der Waals surface area contributed by atoms with E-state index in [4.69, 9.17) is 11.6 Å². The van der Waals surface area contributed by atoms with Gasteiger partial charge in [-0.15, -0.1) is 11.3 Å². The predicted molar refractivity (Wildman–Crippen MR) is 141 cm³/mol. The molecule has 2 amide bonds. The molecule has 1 aliphatic rings. The van der Waals surface area contributed by atoms with Crippen LogP contribution in [-0.4, -0.2) is 22.0 Å². The van der Waals surface area contributed by atoms with Crippen molar-refractivity contribution in [2.24, 2.45) is 4.99 Å². The molecule has 0 aliphatic carbocycles. The number of fused-ring (bicyclic) bond motifs is 1. The first-order chi connectivity index (χ1) is 16.5. The largest absolute Gasteiger partial charge is 0.326 e. The van der Waals surface area contributed by atoms with Gasteiger partial charge in [0.1, 0.15) is 0 Å². The Morgan fingerprint density at radius 3 is 2.91 bits per heavy atom. The van der Waals surface area contributed by atoms with E-state index in [1.165, 1.54) is 23.1 Å². The van der Waals surface area contributed by atoms with Crippen LogP contribution in [0.3, 0.4) is 0 Å². The molecule has 34 heavy (non-hydrogen) atoms. The smallest absolute Gasteiger partial charge is 0.264 e. The third kappa shape index (κ3) is 5.20. The lowest BCUT2D eigenvalue weighted by atomic mass is 10.1. The zero-order chi connectivity index (χ0) is 23.5. The molecule has 0 atom stereocenters. The van der Waals surface area contributed by atoms with E-state index in [-0.39, 0.29) is 11.8 Å². The number of thiophene rings is 1. The standard InChI is InChI=1S/C25H17ClN4O2S2/c26-19-7-6-17(28-23(31)14-18-4-2-10-33-18)13-21(19)29-25-30-24(32)22(34-25)12-15-5-8-20-16(11-15)3-1-9-27-20/h1-13H,14H2,(H,28,31)(H,29,30,32)/b22-12+. The van der Waals surface area contributed by atoms with Crippen molar-refractivity contribution in [2.45, 2.75) is 6.42 Å². The normalized spacial score (nSPS) is 15.7. The van der Waals surface area contributed by atoms with E-state index in [0.717, 1.165) is 21.3 Å². The van der Waals surface area contributed by atoms with Gasteiger partial charge in [-0.3, -0.25) is 14.6 Å². The fraction of sp³-hybridized carbons (Fsp3) is 0.0400. The summed E-state index contributed by atoms with van der Waals surface area (Å²) in [7, 11) is 0. The van der Waals surface area contributed by atoms with Crippen molar-refractivity contribution >= 4 is 80.0 Å². The monoisotopic (exact) mass is 504 g/mol. The SMILES string of the molecule is O=C(Cc1cccs1)Nc1ccc(Cl)c(N=C2NC(=O)/C(=C\c3ccc4ncccc4c3)S2)c1.